The van der Waals surface area contributed by atoms with Gasteiger partial charge in [0, 0.05) is 108 Å². The first-order valence-corrected chi connectivity index (χ1v) is 26.4. The minimum Gasteiger partial charge on any atom is -0.481 e. The number of rotatable bonds is 32. The van der Waals surface area contributed by atoms with E-state index in [0.29, 0.717) is 35.2 Å². The SMILES string of the molecule is O=C(O)CC[C@@H](NC(=O)N[C@H](CCCCN(C(=O)CCCCNC(=O)c1ccc(CNC(=O)CCC(C(=O)O)N2CCN(CC(=O)O)CCN(CC(=O)O)CCN(CC(=O)O)CC2)cc1)c1nccc2ccccc12)C(=O)O)C(=O)O. The lowest BCUT2D eigenvalue weighted by atomic mass is 10.1. The third-order valence-electron chi connectivity index (χ3n) is 13.3. The topological polar surface area (TPSA) is 407 Å². The van der Waals surface area contributed by atoms with Gasteiger partial charge in [0.15, 0.2) is 0 Å². The number of aromatic nitrogens is 1. The summed E-state index contributed by atoms with van der Waals surface area (Å²) in [5.74, 6) is -9.46. The number of hydrogen-bond acceptors (Lipinski definition) is 16. The van der Waals surface area contributed by atoms with E-state index < -0.39 is 84.7 Å². The molecule has 81 heavy (non-hydrogen) atoms. The first kappa shape index (κ1) is 65.2. The number of fused-ring (bicyclic) bond motifs is 1. The summed E-state index contributed by atoms with van der Waals surface area (Å²) in [6, 6.07) is 10.3. The fourth-order valence-corrected chi connectivity index (χ4v) is 8.97. The van der Waals surface area contributed by atoms with Gasteiger partial charge >= 0.3 is 47.8 Å². The molecule has 1 unspecified atom stereocenters. The molecule has 28 heteroatoms. The third-order valence-corrected chi connectivity index (χ3v) is 13.3. The van der Waals surface area contributed by atoms with Crippen molar-refractivity contribution in [2.24, 2.45) is 0 Å². The first-order valence-electron chi connectivity index (χ1n) is 26.4. The maximum absolute atomic E-state index is 13.8. The molecule has 1 saturated heterocycles. The maximum atomic E-state index is 13.8. The Balaban J connectivity index is 1.27. The Kier molecular flexibility index (Phi) is 27.3. The van der Waals surface area contributed by atoms with E-state index in [2.05, 4.69) is 26.3 Å². The van der Waals surface area contributed by atoms with Crippen LogP contribution in [0.4, 0.5) is 10.6 Å². The Morgan fingerprint density at radius 2 is 1.10 bits per heavy atom. The molecule has 3 atom stereocenters. The Labute approximate surface area is 466 Å². The van der Waals surface area contributed by atoms with Gasteiger partial charge in [0.1, 0.15) is 23.9 Å². The molecule has 28 nitrogen and oxygen atoms in total. The van der Waals surface area contributed by atoms with Crippen LogP contribution >= 0.6 is 0 Å². The Morgan fingerprint density at radius 3 is 1.64 bits per heavy atom. The number of nitrogens with one attached hydrogen (secondary N) is 4. The quantitative estimate of drug-likeness (QED) is 0.0384. The lowest BCUT2D eigenvalue weighted by molar-refractivity contribution is -0.145. The second-order valence-corrected chi connectivity index (χ2v) is 19.4. The zero-order chi connectivity index (χ0) is 59.4. The number of carbonyl (C=O) groups excluding carboxylic acids is 4. The van der Waals surface area contributed by atoms with Gasteiger partial charge in [-0.15, -0.1) is 0 Å². The van der Waals surface area contributed by atoms with E-state index in [1.54, 1.807) is 62.2 Å². The van der Waals surface area contributed by atoms with Crippen LogP contribution in [-0.4, -0.2) is 229 Å². The predicted molar refractivity (Wildman–Crippen MR) is 288 cm³/mol. The molecule has 1 aliphatic heterocycles. The van der Waals surface area contributed by atoms with Gasteiger partial charge < -0.3 is 57.0 Å². The zero-order valence-electron chi connectivity index (χ0n) is 44.8. The summed E-state index contributed by atoms with van der Waals surface area (Å²) in [6.45, 7) is 0.280. The van der Waals surface area contributed by atoms with Crippen LogP contribution in [0.25, 0.3) is 10.8 Å². The lowest BCUT2D eigenvalue weighted by Crippen LogP contribution is -2.52. The van der Waals surface area contributed by atoms with Crippen molar-refractivity contribution >= 4 is 82.1 Å². The second kappa shape index (κ2) is 33.9. The van der Waals surface area contributed by atoms with E-state index in [-0.39, 0.29) is 142 Å². The van der Waals surface area contributed by atoms with E-state index in [0.717, 1.165) is 5.39 Å². The van der Waals surface area contributed by atoms with Crippen LogP contribution in [0.15, 0.2) is 60.8 Å². The zero-order valence-corrected chi connectivity index (χ0v) is 44.8. The van der Waals surface area contributed by atoms with Gasteiger partial charge in [0.05, 0.1) is 19.6 Å². The summed E-state index contributed by atoms with van der Waals surface area (Å²) in [4.78, 5) is 147. The van der Waals surface area contributed by atoms with E-state index in [1.165, 1.54) is 4.90 Å². The van der Waals surface area contributed by atoms with Crippen LogP contribution in [0.2, 0.25) is 0 Å². The molecule has 4 rings (SSSR count). The van der Waals surface area contributed by atoms with Crippen molar-refractivity contribution in [1.29, 1.82) is 0 Å². The number of pyridine rings is 1. The highest BCUT2D eigenvalue weighted by Gasteiger charge is 2.30. The number of anilines is 1. The standard InChI is InChI=1S/C53H72N10O18/c64-42(17-16-41(52(79)80)62-29-27-60(33-46(70)71)25-23-59(32-45(68)69)24-26-61(28-30-62)34-47(72)73)56-31-35-11-13-37(14-12-35)49(74)55-20-5-3-10-43(65)63(48-38-8-2-1-7-36(38)19-21-54-48)22-6-4-9-39(50(75)76)57-53(81)58-40(51(77)78)15-18-44(66)67/h1-2,7-8,11-14,19,21,39-41H,3-6,9-10,15-18,20,22-34H2,(H,55,74)(H,56,64)(H,66,67)(H,68,69)(H,70,71)(H,72,73)(H,75,76)(H,77,78)(H,79,80)(H2,57,58,81)/t39-,40-,41?/m1/s1. The summed E-state index contributed by atoms with van der Waals surface area (Å²) in [5.41, 5.74) is 0.968. The van der Waals surface area contributed by atoms with Gasteiger partial charge in [0.2, 0.25) is 11.8 Å². The average molecular weight is 1140 g/mol. The number of carbonyl (C=O) groups is 11. The van der Waals surface area contributed by atoms with Crippen molar-refractivity contribution < 1.29 is 88.5 Å². The van der Waals surface area contributed by atoms with Crippen molar-refractivity contribution in [2.45, 2.75) is 88.9 Å². The minimum absolute atomic E-state index is 0.0584. The fraction of sp³-hybridized carbons (Fsp3) is 0.509. The number of amides is 5. The highest BCUT2D eigenvalue weighted by molar-refractivity contribution is 6.02. The maximum Gasteiger partial charge on any atom is 0.326 e. The van der Waals surface area contributed by atoms with Crippen LogP contribution in [0.1, 0.15) is 80.1 Å². The minimum atomic E-state index is -1.56. The van der Waals surface area contributed by atoms with Crippen LogP contribution in [0, 0.1) is 0 Å². The van der Waals surface area contributed by atoms with Crippen molar-refractivity contribution in [3.63, 3.8) is 0 Å². The molecular weight excluding hydrogens is 1060 g/mol. The molecule has 0 radical (unpaired) electrons. The molecule has 0 aliphatic carbocycles. The van der Waals surface area contributed by atoms with Gasteiger partial charge in [0.25, 0.3) is 5.91 Å². The van der Waals surface area contributed by atoms with Gasteiger partial charge in [-0.05, 0) is 74.1 Å². The van der Waals surface area contributed by atoms with Crippen molar-refractivity contribution in [3.8, 4) is 0 Å². The molecule has 0 saturated carbocycles. The summed E-state index contributed by atoms with van der Waals surface area (Å²) in [6.07, 6.45) is 1.58. The smallest absolute Gasteiger partial charge is 0.326 e. The monoisotopic (exact) mass is 1140 g/mol. The molecule has 11 N–H and O–H groups in total. The van der Waals surface area contributed by atoms with Gasteiger partial charge in [-0.25, -0.2) is 19.4 Å². The van der Waals surface area contributed by atoms with Crippen LogP contribution in [-0.2, 0) is 49.7 Å². The number of carboxylic acids is 7. The van der Waals surface area contributed by atoms with Gasteiger partial charge in [-0.3, -0.25) is 62.9 Å². The number of urea groups is 1. The molecule has 0 spiro atoms. The van der Waals surface area contributed by atoms with Crippen molar-refractivity contribution in [1.82, 2.24) is 45.9 Å². The van der Waals surface area contributed by atoms with Crippen LogP contribution < -0.4 is 26.2 Å². The summed E-state index contributed by atoms with van der Waals surface area (Å²) < 4.78 is 0. The Hall–Kier alpha value is -8.34. The van der Waals surface area contributed by atoms with Gasteiger partial charge in [-0.2, -0.15) is 0 Å². The highest BCUT2D eigenvalue weighted by Crippen LogP contribution is 2.26. The normalized spacial score (nSPS) is 15.1. The first-order chi connectivity index (χ1) is 38.6. The largest absolute Gasteiger partial charge is 0.481 e. The van der Waals surface area contributed by atoms with Crippen molar-refractivity contribution in [3.05, 3.63) is 71.9 Å². The molecule has 2 heterocycles. The Bertz CT molecular complexity index is 2620. The fourth-order valence-electron chi connectivity index (χ4n) is 8.97. The van der Waals surface area contributed by atoms with Crippen molar-refractivity contribution in [2.75, 3.05) is 90.0 Å². The number of carboxylic acid groups (broad SMARTS) is 7. The number of nitrogens with zero attached hydrogens (tertiary/aromatic N) is 6. The predicted octanol–water partition coefficient (Wildman–Crippen LogP) is 0.734. The van der Waals surface area contributed by atoms with Crippen LogP contribution in [0.3, 0.4) is 0 Å². The summed E-state index contributed by atoms with van der Waals surface area (Å²) in [5, 5.41) is 78.3. The third kappa shape index (κ3) is 23.9. The molecule has 442 valence electrons. The molecule has 5 amide bonds. The van der Waals surface area contributed by atoms with Crippen LogP contribution in [0.5, 0.6) is 0 Å². The molecule has 1 fully saturated rings. The second-order valence-electron chi connectivity index (χ2n) is 19.4. The average Bonchev–Trinajstić information content (AvgIpc) is 3.47. The Morgan fingerprint density at radius 1 is 0.543 bits per heavy atom. The molecule has 0 bridgehead atoms. The van der Waals surface area contributed by atoms with E-state index in [4.69, 9.17) is 5.11 Å². The van der Waals surface area contributed by atoms with E-state index in [1.807, 2.05) is 18.2 Å². The van der Waals surface area contributed by atoms with Gasteiger partial charge in [-0.1, -0.05) is 36.4 Å². The van der Waals surface area contributed by atoms with E-state index >= 15 is 0 Å². The number of unbranched alkanes of at least 4 members (excludes halogenated alkanes) is 2. The van der Waals surface area contributed by atoms with E-state index in [9.17, 15) is 83.4 Å². The summed E-state index contributed by atoms with van der Waals surface area (Å²) >= 11 is 0. The summed E-state index contributed by atoms with van der Waals surface area (Å²) in [7, 11) is 0. The molecular formula is C53H72N10O18. The number of aliphatic carboxylic acids is 7. The number of benzene rings is 2. The number of hydrogen-bond donors (Lipinski definition) is 11. The molecule has 1 aromatic heterocycles. The molecule has 2 aromatic carbocycles. The molecule has 1 aliphatic rings. The molecule has 3 aromatic rings. The lowest BCUT2D eigenvalue weighted by Gasteiger charge is -2.35. The highest BCUT2D eigenvalue weighted by atomic mass is 16.4.